The fraction of sp³-hybridized carbons (Fsp3) is 0.286. The quantitative estimate of drug-likeness (QED) is 0.296. The highest BCUT2D eigenvalue weighted by atomic mass is 32.2. The first kappa shape index (κ1) is 21.9. The third-order valence-corrected chi connectivity index (χ3v) is 5.42. The van der Waals surface area contributed by atoms with Crippen molar-refractivity contribution in [3.8, 4) is 0 Å². The van der Waals surface area contributed by atoms with Gasteiger partial charge in [0, 0.05) is 25.8 Å². The van der Waals surface area contributed by atoms with E-state index in [1.54, 1.807) is 31.4 Å². The molecule has 0 atom stereocenters. The van der Waals surface area contributed by atoms with Crippen LogP contribution in [0.4, 0.5) is 5.69 Å². The summed E-state index contributed by atoms with van der Waals surface area (Å²) in [6.07, 6.45) is 0.782. The maximum Gasteiger partial charge on any atom is 0.303 e. The summed E-state index contributed by atoms with van der Waals surface area (Å²) < 4.78 is 37.9. The van der Waals surface area contributed by atoms with Crippen LogP contribution in [-0.2, 0) is 37.6 Å². The largest absolute Gasteiger partial charge is 0.385 e. The molecule has 0 bridgehead atoms. The SMILES string of the molecule is COCCCn1c(CN2C(=O)/C(=N/OCS(=O)(=O)O)c3ccccc32)nc2ccccc21. The van der Waals surface area contributed by atoms with Gasteiger partial charge in [0.1, 0.15) is 5.82 Å². The number of fused-ring (bicyclic) bond motifs is 2. The van der Waals surface area contributed by atoms with Gasteiger partial charge in [-0.05, 0) is 24.6 Å². The topological polar surface area (TPSA) is 123 Å². The monoisotopic (exact) mass is 458 g/mol. The molecule has 11 heteroatoms. The molecule has 0 unspecified atom stereocenters. The number of imidazole rings is 1. The van der Waals surface area contributed by atoms with Crippen LogP contribution in [0.3, 0.4) is 0 Å². The first-order chi connectivity index (χ1) is 15.4. The van der Waals surface area contributed by atoms with Crippen molar-refractivity contribution in [3.63, 3.8) is 0 Å². The number of anilines is 1. The Hall–Kier alpha value is -3.28. The second-order valence-electron chi connectivity index (χ2n) is 7.19. The van der Waals surface area contributed by atoms with Crippen LogP contribution in [0, 0.1) is 0 Å². The molecule has 168 valence electrons. The van der Waals surface area contributed by atoms with Crippen LogP contribution in [0.2, 0.25) is 0 Å². The molecule has 10 nitrogen and oxygen atoms in total. The summed E-state index contributed by atoms with van der Waals surface area (Å²) in [5, 5.41) is 3.69. The smallest absolute Gasteiger partial charge is 0.303 e. The van der Waals surface area contributed by atoms with Crippen LogP contribution >= 0.6 is 0 Å². The zero-order valence-corrected chi connectivity index (χ0v) is 18.2. The molecule has 0 fully saturated rings. The first-order valence-corrected chi connectivity index (χ1v) is 11.5. The number of nitrogens with zero attached hydrogens (tertiary/aromatic N) is 4. The highest BCUT2D eigenvalue weighted by Gasteiger charge is 2.35. The molecule has 0 saturated heterocycles. The van der Waals surface area contributed by atoms with Crippen molar-refractivity contribution in [3.05, 3.63) is 59.9 Å². The minimum Gasteiger partial charge on any atom is -0.385 e. The number of aryl methyl sites for hydroxylation is 1. The number of para-hydroxylation sites is 3. The van der Waals surface area contributed by atoms with E-state index in [1.807, 2.05) is 24.3 Å². The lowest BCUT2D eigenvalue weighted by Crippen LogP contribution is -2.31. The molecule has 1 aliphatic heterocycles. The lowest BCUT2D eigenvalue weighted by atomic mass is 10.1. The lowest BCUT2D eigenvalue weighted by molar-refractivity contribution is -0.112. The summed E-state index contributed by atoms with van der Waals surface area (Å²) in [6, 6.07) is 14.8. The van der Waals surface area contributed by atoms with Gasteiger partial charge in [-0.15, -0.1) is 0 Å². The molecule has 2 aromatic carbocycles. The number of methoxy groups -OCH3 is 1. The van der Waals surface area contributed by atoms with Crippen LogP contribution in [0.1, 0.15) is 17.8 Å². The average molecular weight is 458 g/mol. The van der Waals surface area contributed by atoms with Gasteiger partial charge in [-0.3, -0.25) is 14.2 Å². The van der Waals surface area contributed by atoms with Crippen molar-refractivity contribution in [2.75, 3.05) is 24.6 Å². The Balaban J connectivity index is 1.67. The second-order valence-corrected chi connectivity index (χ2v) is 8.59. The number of hydrogen-bond acceptors (Lipinski definition) is 7. The van der Waals surface area contributed by atoms with E-state index in [2.05, 4.69) is 9.72 Å². The number of ether oxygens (including phenoxy) is 1. The molecule has 0 aliphatic carbocycles. The molecular weight excluding hydrogens is 436 g/mol. The van der Waals surface area contributed by atoms with Gasteiger partial charge in [-0.2, -0.15) is 8.42 Å². The Bertz CT molecular complexity index is 1280. The Morgan fingerprint density at radius 3 is 2.66 bits per heavy atom. The number of aromatic nitrogens is 2. The summed E-state index contributed by atoms with van der Waals surface area (Å²) in [4.78, 5) is 24.1. The van der Waals surface area contributed by atoms with Crippen LogP contribution in [0.5, 0.6) is 0 Å². The van der Waals surface area contributed by atoms with Crippen molar-refractivity contribution in [1.82, 2.24) is 9.55 Å². The highest BCUT2D eigenvalue weighted by Crippen LogP contribution is 2.31. The molecule has 0 radical (unpaired) electrons. The fourth-order valence-corrected chi connectivity index (χ4v) is 3.85. The Morgan fingerprint density at radius 1 is 1.12 bits per heavy atom. The first-order valence-electron chi connectivity index (χ1n) is 9.88. The van der Waals surface area contributed by atoms with E-state index in [1.165, 1.54) is 4.90 Å². The van der Waals surface area contributed by atoms with E-state index in [0.29, 0.717) is 30.2 Å². The number of carbonyl (C=O) groups excluding carboxylic acids is 1. The number of rotatable bonds is 9. The summed E-state index contributed by atoms with van der Waals surface area (Å²) in [6.45, 7) is 1.46. The Kier molecular flexibility index (Phi) is 6.21. The van der Waals surface area contributed by atoms with Gasteiger partial charge in [0.05, 0.1) is 23.3 Å². The number of hydrogen-bond donors (Lipinski definition) is 1. The predicted molar refractivity (Wildman–Crippen MR) is 118 cm³/mol. The van der Waals surface area contributed by atoms with Gasteiger partial charge in [0.15, 0.2) is 5.71 Å². The standard InChI is InChI=1S/C21H22N4O6S/c1-30-12-6-11-24-18-10-5-3-8-16(18)22-19(24)13-25-17-9-4-2-7-15(17)20(21(25)26)23-31-14-32(27,28)29/h2-5,7-10H,6,11-14H2,1H3,(H,27,28,29)/b23-20+. The minimum absolute atomic E-state index is 0.0358. The summed E-state index contributed by atoms with van der Waals surface area (Å²) >= 11 is 0. The van der Waals surface area contributed by atoms with E-state index in [-0.39, 0.29) is 12.3 Å². The average Bonchev–Trinajstić information content (AvgIpc) is 3.24. The predicted octanol–water partition coefficient (Wildman–Crippen LogP) is 2.19. The van der Waals surface area contributed by atoms with E-state index in [4.69, 9.17) is 19.1 Å². The molecule has 3 aromatic rings. The molecule has 1 N–H and O–H groups in total. The fourth-order valence-electron chi connectivity index (χ4n) is 3.67. The number of benzene rings is 2. The van der Waals surface area contributed by atoms with Crippen molar-refractivity contribution >= 4 is 38.5 Å². The summed E-state index contributed by atoms with van der Waals surface area (Å²) in [5.74, 6) is -0.788. The van der Waals surface area contributed by atoms with Crippen LogP contribution in [-0.4, -0.2) is 53.8 Å². The van der Waals surface area contributed by atoms with Gasteiger partial charge < -0.3 is 14.1 Å². The van der Waals surface area contributed by atoms with Gasteiger partial charge in [0.25, 0.3) is 5.91 Å². The van der Waals surface area contributed by atoms with Crippen LogP contribution in [0.15, 0.2) is 53.7 Å². The number of amides is 1. The van der Waals surface area contributed by atoms with Crippen LogP contribution < -0.4 is 4.90 Å². The molecule has 1 aromatic heterocycles. The molecule has 0 spiro atoms. The minimum atomic E-state index is -4.38. The van der Waals surface area contributed by atoms with E-state index in [9.17, 15) is 13.2 Å². The lowest BCUT2D eigenvalue weighted by Gasteiger charge is -2.17. The van der Waals surface area contributed by atoms with Crippen molar-refractivity contribution in [2.24, 2.45) is 5.16 Å². The molecular formula is C21H22N4O6S. The van der Waals surface area contributed by atoms with Gasteiger partial charge in [-0.1, -0.05) is 35.5 Å². The van der Waals surface area contributed by atoms with Crippen molar-refractivity contribution < 1.29 is 27.3 Å². The molecule has 1 aliphatic rings. The van der Waals surface area contributed by atoms with Crippen molar-refractivity contribution in [2.45, 2.75) is 19.5 Å². The van der Waals surface area contributed by atoms with Gasteiger partial charge in [0.2, 0.25) is 5.94 Å². The third kappa shape index (κ3) is 4.49. The van der Waals surface area contributed by atoms with E-state index < -0.39 is 22.0 Å². The number of carbonyl (C=O) groups is 1. The molecule has 32 heavy (non-hydrogen) atoms. The van der Waals surface area contributed by atoms with Gasteiger partial charge in [-0.25, -0.2) is 4.98 Å². The molecule has 0 saturated carbocycles. The van der Waals surface area contributed by atoms with Crippen LogP contribution in [0.25, 0.3) is 11.0 Å². The normalized spacial score (nSPS) is 15.0. The second kappa shape index (κ2) is 9.07. The Labute approximate surface area is 184 Å². The summed E-state index contributed by atoms with van der Waals surface area (Å²) in [5.41, 5.74) is 2.87. The third-order valence-electron chi connectivity index (χ3n) is 5.02. The molecule has 1 amide bonds. The maximum absolute atomic E-state index is 13.2. The molecule has 2 heterocycles. The highest BCUT2D eigenvalue weighted by molar-refractivity contribution is 7.85. The zero-order chi connectivity index (χ0) is 22.7. The van der Waals surface area contributed by atoms with Crippen molar-refractivity contribution in [1.29, 1.82) is 0 Å². The maximum atomic E-state index is 13.2. The van der Waals surface area contributed by atoms with Gasteiger partial charge >= 0.3 is 10.1 Å². The zero-order valence-electron chi connectivity index (χ0n) is 17.3. The Morgan fingerprint density at radius 2 is 1.88 bits per heavy atom. The van der Waals surface area contributed by atoms with E-state index >= 15 is 0 Å². The van der Waals surface area contributed by atoms with E-state index in [0.717, 1.165) is 17.5 Å². The number of oxime groups is 1. The summed E-state index contributed by atoms with van der Waals surface area (Å²) in [7, 11) is -2.73. The molecule has 4 rings (SSSR count).